The first kappa shape index (κ1) is 12.9. The van der Waals surface area contributed by atoms with Gasteiger partial charge in [0.15, 0.2) is 0 Å². The number of anilines is 1. The average Bonchev–Trinajstić information content (AvgIpc) is 2.36. The summed E-state index contributed by atoms with van der Waals surface area (Å²) in [4.78, 5) is 6.51. The molecule has 0 bridgehead atoms. The van der Waals surface area contributed by atoms with Crippen LogP contribution in [-0.4, -0.2) is 26.2 Å². The van der Waals surface area contributed by atoms with E-state index >= 15 is 0 Å². The van der Waals surface area contributed by atoms with Crippen LogP contribution in [0.15, 0.2) is 18.2 Å². The van der Waals surface area contributed by atoms with E-state index in [0.29, 0.717) is 17.3 Å². The van der Waals surface area contributed by atoms with Gasteiger partial charge in [0.2, 0.25) is 0 Å². The van der Waals surface area contributed by atoms with Crippen molar-refractivity contribution in [2.75, 3.05) is 26.1 Å². The summed E-state index contributed by atoms with van der Waals surface area (Å²) in [5.74, 6) is 0.648. The highest BCUT2D eigenvalue weighted by Crippen LogP contribution is 2.34. The van der Waals surface area contributed by atoms with Gasteiger partial charge in [-0.05, 0) is 18.2 Å². The number of pyridine rings is 1. The second kappa shape index (κ2) is 5.00. The number of nitrogens with zero attached hydrogens (tertiary/aromatic N) is 2. The fourth-order valence-corrected chi connectivity index (χ4v) is 2.13. The first-order valence-electron chi connectivity index (χ1n) is 5.61. The van der Waals surface area contributed by atoms with Crippen molar-refractivity contribution in [3.8, 4) is 5.75 Å². The number of hydrogen-bond donors (Lipinski definition) is 1. The number of nitrogens with two attached hydrogens (primary N) is 1. The summed E-state index contributed by atoms with van der Waals surface area (Å²) in [6.07, 6.45) is 0. The summed E-state index contributed by atoms with van der Waals surface area (Å²) in [5.41, 5.74) is 8.38. The number of benzene rings is 1. The summed E-state index contributed by atoms with van der Waals surface area (Å²) in [5, 5.41) is 1.55. The highest BCUT2D eigenvalue weighted by Gasteiger charge is 2.11. The molecule has 1 heterocycles. The third kappa shape index (κ3) is 2.21. The molecule has 0 unspecified atom stereocenters. The third-order valence-electron chi connectivity index (χ3n) is 2.80. The Labute approximate surface area is 111 Å². The van der Waals surface area contributed by atoms with Gasteiger partial charge in [-0.1, -0.05) is 11.6 Å². The van der Waals surface area contributed by atoms with E-state index in [1.807, 2.05) is 37.2 Å². The molecule has 0 aliphatic carbocycles. The number of aromatic nitrogens is 1. The summed E-state index contributed by atoms with van der Waals surface area (Å²) >= 11 is 6.12. The van der Waals surface area contributed by atoms with Crippen LogP contribution in [0.3, 0.4) is 0 Å². The molecule has 0 aliphatic rings. The predicted octanol–water partition coefficient (Wildman–Crippen LogP) is 2.42. The fourth-order valence-electron chi connectivity index (χ4n) is 1.89. The fraction of sp³-hybridized carbons (Fsp3) is 0.308. The Bertz CT molecular complexity index is 584. The van der Waals surface area contributed by atoms with E-state index in [-0.39, 0.29) is 0 Å². The van der Waals surface area contributed by atoms with E-state index in [1.54, 1.807) is 7.11 Å². The van der Waals surface area contributed by atoms with Crippen molar-refractivity contribution in [3.05, 3.63) is 28.9 Å². The summed E-state index contributed by atoms with van der Waals surface area (Å²) < 4.78 is 5.24. The number of halogens is 1. The average molecular weight is 266 g/mol. The van der Waals surface area contributed by atoms with Crippen LogP contribution in [0.25, 0.3) is 10.9 Å². The van der Waals surface area contributed by atoms with Crippen molar-refractivity contribution >= 4 is 28.2 Å². The minimum atomic E-state index is 0.403. The van der Waals surface area contributed by atoms with Gasteiger partial charge >= 0.3 is 0 Å². The van der Waals surface area contributed by atoms with Crippen LogP contribution in [0.1, 0.15) is 5.69 Å². The maximum atomic E-state index is 6.12. The second-order valence-corrected chi connectivity index (χ2v) is 4.64. The predicted molar refractivity (Wildman–Crippen MR) is 75.5 cm³/mol. The molecule has 0 amide bonds. The van der Waals surface area contributed by atoms with Crippen LogP contribution in [0.2, 0.25) is 5.02 Å². The number of fused-ring (bicyclic) bond motifs is 1. The van der Waals surface area contributed by atoms with Gasteiger partial charge in [0, 0.05) is 31.7 Å². The third-order valence-corrected chi connectivity index (χ3v) is 3.10. The molecule has 0 radical (unpaired) electrons. The van der Waals surface area contributed by atoms with Crippen molar-refractivity contribution in [2.24, 2.45) is 5.73 Å². The normalized spacial score (nSPS) is 10.7. The highest BCUT2D eigenvalue weighted by atomic mass is 35.5. The zero-order valence-electron chi connectivity index (χ0n) is 10.7. The molecule has 2 rings (SSSR count). The Morgan fingerprint density at radius 1 is 1.33 bits per heavy atom. The van der Waals surface area contributed by atoms with Crippen molar-refractivity contribution in [2.45, 2.75) is 6.54 Å². The molecule has 0 saturated heterocycles. The summed E-state index contributed by atoms with van der Waals surface area (Å²) in [7, 11) is 5.57. The Morgan fingerprint density at radius 2 is 2.06 bits per heavy atom. The van der Waals surface area contributed by atoms with Gasteiger partial charge in [-0.15, -0.1) is 0 Å². The largest absolute Gasteiger partial charge is 0.495 e. The van der Waals surface area contributed by atoms with E-state index in [9.17, 15) is 0 Å². The van der Waals surface area contributed by atoms with Gasteiger partial charge in [-0.2, -0.15) is 0 Å². The van der Waals surface area contributed by atoms with Gasteiger partial charge in [0.05, 0.1) is 23.3 Å². The molecule has 4 nitrogen and oxygen atoms in total. The molecular weight excluding hydrogens is 250 g/mol. The number of hydrogen-bond acceptors (Lipinski definition) is 4. The summed E-state index contributed by atoms with van der Waals surface area (Å²) in [6, 6.07) is 5.69. The molecular formula is C13H16ClN3O. The highest BCUT2D eigenvalue weighted by molar-refractivity contribution is 6.33. The van der Waals surface area contributed by atoms with Crippen LogP contribution < -0.4 is 15.4 Å². The topological polar surface area (TPSA) is 51.4 Å². The lowest BCUT2D eigenvalue weighted by Crippen LogP contribution is -2.11. The second-order valence-electron chi connectivity index (χ2n) is 4.24. The zero-order valence-corrected chi connectivity index (χ0v) is 11.5. The summed E-state index contributed by atoms with van der Waals surface area (Å²) in [6.45, 7) is 0.403. The number of ether oxygens (including phenoxy) is 1. The SMILES string of the molecule is COc1cc2c(N(C)C)cc(CN)nc2cc1Cl. The monoisotopic (exact) mass is 265 g/mol. The van der Waals surface area contributed by atoms with Crippen LogP contribution in [0, 0.1) is 0 Å². The van der Waals surface area contributed by atoms with Crippen LogP contribution >= 0.6 is 11.6 Å². The quantitative estimate of drug-likeness (QED) is 0.926. The Balaban J connectivity index is 2.78. The lowest BCUT2D eigenvalue weighted by atomic mass is 10.1. The van der Waals surface area contributed by atoms with Gasteiger partial charge in [0.25, 0.3) is 0 Å². The standard InChI is InChI=1S/C13H16ClN3O/c1-17(2)12-4-8(7-15)16-11-6-10(14)13(18-3)5-9(11)12/h4-6H,7,15H2,1-3H3. The zero-order chi connectivity index (χ0) is 13.3. The molecule has 0 spiro atoms. The molecule has 0 saturated carbocycles. The molecule has 0 aliphatic heterocycles. The molecule has 2 N–H and O–H groups in total. The van der Waals surface area contributed by atoms with E-state index in [0.717, 1.165) is 22.3 Å². The molecule has 0 atom stereocenters. The molecule has 1 aromatic heterocycles. The maximum Gasteiger partial charge on any atom is 0.138 e. The van der Waals surface area contributed by atoms with Gasteiger partial charge in [-0.25, -0.2) is 0 Å². The first-order valence-corrected chi connectivity index (χ1v) is 5.99. The van der Waals surface area contributed by atoms with E-state index in [2.05, 4.69) is 4.98 Å². The minimum Gasteiger partial charge on any atom is -0.495 e. The van der Waals surface area contributed by atoms with Gasteiger partial charge in [0.1, 0.15) is 5.75 Å². The Kier molecular flexibility index (Phi) is 3.59. The minimum absolute atomic E-state index is 0.403. The molecule has 0 fully saturated rings. The number of rotatable bonds is 3. The number of methoxy groups -OCH3 is 1. The van der Waals surface area contributed by atoms with Crippen molar-refractivity contribution in [3.63, 3.8) is 0 Å². The van der Waals surface area contributed by atoms with E-state index in [1.165, 1.54) is 0 Å². The van der Waals surface area contributed by atoms with Crippen LogP contribution in [0.5, 0.6) is 5.75 Å². The van der Waals surface area contributed by atoms with Crippen molar-refractivity contribution in [1.29, 1.82) is 0 Å². The molecule has 1 aromatic carbocycles. The molecule has 5 heteroatoms. The van der Waals surface area contributed by atoms with Crippen LogP contribution in [0.4, 0.5) is 5.69 Å². The van der Waals surface area contributed by atoms with Gasteiger partial charge in [-0.3, -0.25) is 4.98 Å². The first-order chi connectivity index (χ1) is 8.56. The molecule has 2 aromatic rings. The van der Waals surface area contributed by atoms with Crippen LogP contribution in [-0.2, 0) is 6.54 Å². The lowest BCUT2D eigenvalue weighted by molar-refractivity contribution is 0.415. The molecule has 96 valence electrons. The smallest absolute Gasteiger partial charge is 0.138 e. The van der Waals surface area contributed by atoms with Gasteiger partial charge < -0.3 is 15.4 Å². The lowest BCUT2D eigenvalue weighted by Gasteiger charge is -2.17. The van der Waals surface area contributed by atoms with E-state index < -0.39 is 0 Å². The Hall–Kier alpha value is -1.52. The van der Waals surface area contributed by atoms with E-state index in [4.69, 9.17) is 22.1 Å². The van der Waals surface area contributed by atoms with Crippen molar-refractivity contribution in [1.82, 2.24) is 4.98 Å². The molecule has 18 heavy (non-hydrogen) atoms. The maximum absolute atomic E-state index is 6.12. The Morgan fingerprint density at radius 3 is 2.61 bits per heavy atom. The van der Waals surface area contributed by atoms with Crippen molar-refractivity contribution < 1.29 is 4.74 Å².